The monoisotopic (exact) mass is 296 g/mol. The summed E-state index contributed by atoms with van der Waals surface area (Å²) in [5.41, 5.74) is 6.53. The molecule has 2 rings (SSSR count). The second-order valence-corrected chi connectivity index (χ2v) is 4.18. The Hall–Kier alpha value is -1.89. The van der Waals surface area contributed by atoms with Gasteiger partial charge in [0.15, 0.2) is 5.82 Å². The average molecular weight is 297 g/mol. The molecule has 17 heavy (non-hydrogen) atoms. The average Bonchev–Trinajstić information content (AvgIpc) is 2.82. The van der Waals surface area contributed by atoms with Crippen molar-refractivity contribution in [2.45, 2.75) is 6.54 Å². The molecular formula is C10H9BrN4O2. The van der Waals surface area contributed by atoms with E-state index in [1.165, 1.54) is 6.39 Å². The third kappa shape index (κ3) is 2.82. The van der Waals surface area contributed by atoms with Crippen LogP contribution in [-0.4, -0.2) is 16.0 Å². The Morgan fingerprint density at radius 3 is 3.06 bits per heavy atom. The SMILES string of the molecule is Nc1ccc(Br)cc1C(=O)NCc1ncon1. The zero-order chi connectivity index (χ0) is 12.3. The Bertz CT molecular complexity index is 527. The van der Waals surface area contributed by atoms with Gasteiger partial charge >= 0.3 is 0 Å². The minimum atomic E-state index is -0.284. The molecule has 6 nitrogen and oxygen atoms in total. The van der Waals surface area contributed by atoms with Gasteiger partial charge in [-0.2, -0.15) is 4.98 Å². The minimum Gasteiger partial charge on any atom is -0.398 e. The molecule has 7 heteroatoms. The van der Waals surface area contributed by atoms with E-state index < -0.39 is 0 Å². The predicted octanol–water partition coefficient (Wildman–Crippen LogP) is 1.34. The van der Waals surface area contributed by atoms with Gasteiger partial charge in [0.05, 0.1) is 12.1 Å². The van der Waals surface area contributed by atoms with Crippen molar-refractivity contribution in [2.24, 2.45) is 0 Å². The summed E-state index contributed by atoms with van der Waals surface area (Å²) in [5.74, 6) is 0.125. The van der Waals surface area contributed by atoms with E-state index in [1.54, 1.807) is 18.2 Å². The highest BCUT2D eigenvalue weighted by Crippen LogP contribution is 2.18. The maximum Gasteiger partial charge on any atom is 0.253 e. The number of carbonyl (C=O) groups excluding carboxylic acids is 1. The van der Waals surface area contributed by atoms with Crippen LogP contribution in [0.15, 0.2) is 33.6 Å². The number of rotatable bonds is 3. The molecule has 0 bridgehead atoms. The van der Waals surface area contributed by atoms with Crippen LogP contribution >= 0.6 is 15.9 Å². The van der Waals surface area contributed by atoms with E-state index in [1.807, 2.05) is 0 Å². The Morgan fingerprint density at radius 1 is 1.53 bits per heavy atom. The van der Waals surface area contributed by atoms with E-state index in [2.05, 4.69) is 35.9 Å². The van der Waals surface area contributed by atoms with Crippen molar-refractivity contribution in [3.8, 4) is 0 Å². The summed E-state index contributed by atoms with van der Waals surface area (Å²) in [6.45, 7) is 0.196. The molecule has 88 valence electrons. The number of anilines is 1. The van der Waals surface area contributed by atoms with E-state index in [0.29, 0.717) is 17.1 Å². The van der Waals surface area contributed by atoms with Crippen LogP contribution in [0, 0.1) is 0 Å². The lowest BCUT2D eigenvalue weighted by atomic mass is 10.1. The first-order valence-corrected chi connectivity index (χ1v) is 5.54. The molecule has 0 unspecified atom stereocenters. The number of hydrogen-bond donors (Lipinski definition) is 2. The zero-order valence-corrected chi connectivity index (χ0v) is 10.3. The summed E-state index contributed by atoms with van der Waals surface area (Å²) >= 11 is 3.28. The second kappa shape index (κ2) is 4.96. The van der Waals surface area contributed by atoms with Crippen molar-refractivity contribution in [3.63, 3.8) is 0 Å². The van der Waals surface area contributed by atoms with Gasteiger partial charge in [-0.05, 0) is 18.2 Å². The smallest absolute Gasteiger partial charge is 0.253 e. The molecular weight excluding hydrogens is 288 g/mol. The van der Waals surface area contributed by atoms with Gasteiger partial charge < -0.3 is 15.6 Å². The standard InChI is InChI=1S/C10H9BrN4O2/c11-6-1-2-8(12)7(3-6)10(16)13-4-9-14-5-17-15-9/h1-3,5H,4,12H2,(H,13,16). The van der Waals surface area contributed by atoms with Crippen LogP contribution in [0.5, 0.6) is 0 Å². The molecule has 2 aromatic rings. The van der Waals surface area contributed by atoms with Crippen molar-refractivity contribution in [2.75, 3.05) is 5.73 Å². The molecule has 0 spiro atoms. The number of carbonyl (C=O) groups is 1. The Kier molecular flexibility index (Phi) is 3.38. The van der Waals surface area contributed by atoms with Crippen LogP contribution in [0.3, 0.4) is 0 Å². The van der Waals surface area contributed by atoms with E-state index in [9.17, 15) is 4.79 Å². The van der Waals surface area contributed by atoms with Gasteiger partial charge in [-0.3, -0.25) is 4.79 Å². The maximum absolute atomic E-state index is 11.8. The first-order valence-electron chi connectivity index (χ1n) is 4.75. The molecule has 0 fully saturated rings. The molecule has 0 saturated heterocycles. The maximum atomic E-state index is 11.8. The van der Waals surface area contributed by atoms with Crippen LogP contribution in [-0.2, 0) is 6.54 Å². The molecule has 3 N–H and O–H groups in total. The van der Waals surface area contributed by atoms with Crippen LogP contribution in [0.2, 0.25) is 0 Å². The summed E-state index contributed by atoms with van der Waals surface area (Å²) in [7, 11) is 0. The second-order valence-electron chi connectivity index (χ2n) is 3.26. The Labute approximate surface area is 105 Å². The first-order chi connectivity index (χ1) is 8.16. The highest BCUT2D eigenvalue weighted by molar-refractivity contribution is 9.10. The Morgan fingerprint density at radius 2 is 2.35 bits per heavy atom. The molecule has 0 saturated carbocycles. The van der Waals surface area contributed by atoms with Crippen LogP contribution in [0.4, 0.5) is 5.69 Å². The quantitative estimate of drug-likeness (QED) is 0.834. The number of nitrogens with zero attached hydrogens (tertiary/aromatic N) is 2. The molecule has 1 heterocycles. The molecule has 0 aliphatic heterocycles. The van der Waals surface area contributed by atoms with Crippen LogP contribution < -0.4 is 11.1 Å². The topological polar surface area (TPSA) is 94.0 Å². The van der Waals surface area contributed by atoms with Crippen LogP contribution in [0.25, 0.3) is 0 Å². The molecule has 0 radical (unpaired) electrons. The predicted molar refractivity (Wildman–Crippen MR) is 64.0 cm³/mol. The summed E-state index contributed by atoms with van der Waals surface area (Å²) in [6.07, 6.45) is 1.20. The highest BCUT2D eigenvalue weighted by Gasteiger charge is 2.10. The number of amides is 1. The number of nitrogens with two attached hydrogens (primary N) is 1. The van der Waals surface area contributed by atoms with Gasteiger partial charge in [0.25, 0.3) is 5.91 Å². The van der Waals surface area contributed by atoms with E-state index in [4.69, 9.17) is 5.73 Å². The Balaban J connectivity index is 2.07. The third-order valence-corrected chi connectivity index (χ3v) is 2.57. The van der Waals surface area contributed by atoms with Crippen molar-refractivity contribution < 1.29 is 9.32 Å². The van der Waals surface area contributed by atoms with Crippen molar-refractivity contribution in [3.05, 3.63) is 40.5 Å². The lowest BCUT2D eigenvalue weighted by molar-refractivity contribution is 0.0950. The summed E-state index contributed by atoms with van der Waals surface area (Å²) < 4.78 is 5.34. The molecule has 0 aliphatic carbocycles. The van der Waals surface area contributed by atoms with E-state index >= 15 is 0 Å². The number of aromatic nitrogens is 2. The molecule has 1 amide bonds. The third-order valence-electron chi connectivity index (χ3n) is 2.07. The zero-order valence-electron chi connectivity index (χ0n) is 8.68. The largest absolute Gasteiger partial charge is 0.398 e. The molecule has 1 aromatic heterocycles. The van der Waals surface area contributed by atoms with E-state index in [-0.39, 0.29) is 12.5 Å². The van der Waals surface area contributed by atoms with Crippen LogP contribution in [0.1, 0.15) is 16.2 Å². The van der Waals surface area contributed by atoms with E-state index in [0.717, 1.165) is 4.47 Å². The molecule has 0 atom stereocenters. The summed E-state index contributed by atoms with van der Waals surface area (Å²) in [6, 6.07) is 5.08. The van der Waals surface area contributed by atoms with Gasteiger partial charge in [0.2, 0.25) is 6.39 Å². The highest BCUT2D eigenvalue weighted by atomic mass is 79.9. The van der Waals surface area contributed by atoms with Gasteiger partial charge in [-0.1, -0.05) is 21.1 Å². The van der Waals surface area contributed by atoms with Crippen molar-refractivity contribution in [1.82, 2.24) is 15.5 Å². The number of halogens is 1. The summed E-state index contributed by atoms with van der Waals surface area (Å²) in [5, 5.41) is 6.23. The van der Waals surface area contributed by atoms with Gasteiger partial charge in [-0.25, -0.2) is 0 Å². The number of nitrogen functional groups attached to an aromatic ring is 1. The van der Waals surface area contributed by atoms with Gasteiger partial charge in [0.1, 0.15) is 0 Å². The molecule has 0 aliphatic rings. The number of benzene rings is 1. The number of hydrogen-bond acceptors (Lipinski definition) is 5. The van der Waals surface area contributed by atoms with Gasteiger partial charge in [-0.15, -0.1) is 0 Å². The van der Waals surface area contributed by atoms with Gasteiger partial charge in [0, 0.05) is 10.2 Å². The van der Waals surface area contributed by atoms with Crippen molar-refractivity contribution in [1.29, 1.82) is 0 Å². The first kappa shape index (κ1) is 11.6. The fourth-order valence-corrected chi connectivity index (χ4v) is 1.61. The minimum absolute atomic E-state index is 0.196. The summed E-state index contributed by atoms with van der Waals surface area (Å²) in [4.78, 5) is 15.6. The number of nitrogens with one attached hydrogen (secondary N) is 1. The lowest BCUT2D eigenvalue weighted by Gasteiger charge is -2.06. The fraction of sp³-hybridized carbons (Fsp3) is 0.100. The fourth-order valence-electron chi connectivity index (χ4n) is 1.25. The van der Waals surface area contributed by atoms with Crippen molar-refractivity contribution >= 4 is 27.5 Å². The normalized spacial score (nSPS) is 10.2. The molecule has 1 aromatic carbocycles. The lowest BCUT2D eigenvalue weighted by Crippen LogP contribution is -2.24.